The number of hydrogen-bond acceptors (Lipinski definition) is 2. The SMILES string of the molecule is [2H]C1=CNC([2H])(C(=O)O)C=C1. The molecule has 1 atom stereocenters. The molecule has 1 heterocycles. The van der Waals surface area contributed by atoms with Crippen molar-refractivity contribution in [2.75, 3.05) is 0 Å². The van der Waals surface area contributed by atoms with Crippen molar-refractivity contribution in [3.8, 4) is 0 Å². The first-order chi connectivity index (χ1) is 5.04. The third kappa shape index (κ3) is 1.32. The van der Waals surface area contributed by atoms with Crippen molar-refractivity contribution in [1.29, 1.82) is 0 Å². The summed E-state index contributed by atoms with van der Waals surface area (Å²) < 4.78 is 14.3. The van der Waals surface area contributed by atoms with Gasteiger partial charge in [-0.3, -0.25) is 0 Å². The van der Waals surface area contributed by atoms with Crippen molar-refractivity contribution >= 4 is 5.97 Å². The molecule has 0 aromatic rings. The smallest absolute Gasteiger partial charge is 0.330 e. The molecule has 3 heteroatoms. The molecular formula is C6H7NO2. The number of nitrogens with one attached hydrogen (secondary N) is 1. The molecule has 0 aliphatic carbocycles. The molecule has 0 amide bonds. The molecule has 1 unspecified atom stereocenters. The standard InChI is InChI=1S/C6H7NO2/c8-6(9)5-3-1-2-4-7-5/h1-5,7H,(H,8,9)/i2D,5D. The van der Waals surface area contributed by atoms with E-state index in [1.165, 1.54) is 12.3 Å². The molecule has 0 spiro atoms. The van der Waals surface area contributed by atoms with E-state index in [9.17, 15) is 4.79 Å². The summed E-state index contributed by atoms with van der Waals surface area (Å²) in [6, 6.07) is -1.64. The fraction of sp³-hybridized carbons (Fsp3) is 0.167. The van der Waals surface area contributed by atoms with Gasteiger partial charge < -0.3 is 10.4 Å². The summed E-state index contributed by atoms with van der Waals surface area (Å²) in [7, 11) is 0. The third-order valence-electron chi connectivity index (χ3n) is 0.888. The zero-order valence-electron chi connectivity index (χ0n) is 6.59. The van der Waals surface area contributed by atoms with Crippen LogP contribution < -0.4 is 5.32 Å². The molecule has 1 aliphatic rings. The normalized spacial score (nSPS) is 35.8. The van der Waals surface area contributed by atoms with Gasteiger partial charge in [-0.1, -0.05) is 12.2 Å². The van der Waals surface area contributed by atoms with E-state index in [4.69, 9.17) is 7.85 Å². The largest absolute Gasteiger partial charge is 0.479 e. The summed E-state index contributed by atoms with van der Waals surface area (Å²) in [6.07, 6.45) is 3.58. The molecule has 0 saturated carbocycles. The van der Waals surface area contributed by atoms with Crippen LogP contribution in [-0.2, 0) is 4.79 Å². The van der Waals surface area contributed by atoms with Gasteiger partial charge in [0.2, 0.25) is 0 Å². The monoisotopic (exact) mass is 127 g/mol. The first kappa shape index (κ1) is 3.71. The Morgan fingerprint density at radius 3 is 3.22 bits per heavy atom. The minimum absolute atomic E-state index is 0.161. The first-order valence-electron chi connectivity index (χ1n) is 3.42. The van der Waals surface area contributed by atoms with E-state index in [1.807, 2.05) is 0 Å². The molecule has 0 radical (unpaired) electrons. The molecule has 0 bridgehead atoms. The second-order valence-corrected chi connectivity index (χ2v) is 1.51. The maximum Gasteiger partial charge on any atom is 0.330 e. The van der Waals surface area contributed by atoms with Crippen LogP contribution in [0.5, 0.6) is 0 Å². The van der Waals surface area contributed by atoms with E-state index < -0.39 is 12.0 Å². The second kappa shape index (κ2) is 2.35. The van der Waals surface area contributed by atoms with Crippen molar-refractivity contribution < 1.29 is 12.6 Å². The van der Waals surface area contributed by atoms with Crippen LogP contribution in [0.3, 0.4) is 0 Å². The van der Waals surface area contributed by atoms with Gasteiger partial charge in [-0.15, -0.1) is 0 Å². The summed E-state index contributed by atoms with van der Waals surface area (Å²) in [5.41, 5.74) is 0. The molecule has 0 aromatic carbocycles. The summed E-state index contributed by atoms with van der Waals surface area (Å²) in [4.78, 5) is 10.4. The molecule has 0 aromatic heterocycles. The molecule has 3 nitrogen and oxygen atoms in total. The van der Waals surface area contributed by atoms with Gasteiger partial charge in [-0.2, -0.15) is 0 Å². The van der Waals surface area contributed by atoms with Crippen molar-refractivity contribution in [2.45, 2.75) is 6.02 Å². The third-order valence-corrected chi connectivity index (χ3v) is 0.888. The highest BCUT2D eigenvalue weighted by Gasteiger charge is 2.11. The molecule has 0 saturated heterocycles. The van der Waals surface area contributed by atoms with E-state index in [0.717, 1.165) is 6.08 Å². The van der Waals surface area contributed by atoms with E-state index in [-0.39, 0.29) is 6.05 Å². The van der Waals surface area contributed by atoms with E-state index in [0.29, 0.717) is 0 Å². The molecule has 9 heavy (non-hydrogen) atoms. The molecule has 48 valence electrons. The number of allylic oxidation sites excluding steroid dienone is 2. The van der Waals surface area contributed by atoms with Gasteiger partial charge in [0.25, 0.3) is 0 Å². The number of dihydropyridines is 1. The zero-order valence-corrected chi connectivity index (χ0v) is 4.59. The lowest BCUT2D eigenvalue weighted by Gasteiger charge is -2.08. The van der Waals surface area contributed by atoms with Gasteiger partial charge in [0.1, 0.15) is 6.02 Å². The maximum atomic E-state index is 10.4. The van der Waals surface area contributed by atoms with Crippen LogP contribution in [0.1, 0.15) is 2.74 Å². The second-order valence-electron chi connectivity index (χ2n) is 1.51. The summed E-state index contributed by atoms with van der Waals surface area (Å²) in [5, 5.41) is 10.8. The van der Waals surface area contributed by atoms with Crippen LogP contribution in [0, 0.1) is 0 Å². The van der Waals surface area contributed by atoms with E-state index in [1.54, 1.807) is 0 Å². The van der Waals surface area contributed by atoms with Crippen LogP contribution >= 0.6 is 0 Å². The summed E-state index contributed by atoms with van der Waals surface area (Å²) in [5.74, 6) is -1.28. The fourth-order valence-corrected chi connectivity index (χ4v) is 0.480. The van der Waals surface area contributed by atoms with Crippen LogP contribution in [0.15, 0.2) is 24.4 Å². The van der Waals surface area contributed by atoms with Crippen molar-refractivity contribution in [2.24, 2.45) is 0 Å². The van der Waals surface area contributed by atoms with Crippen molar-refractivity contribution in [3.05, 3.63) is 24.4 Å². The van der Waals surface area contributed by atoms with Crippen LogP contribution in [-0.4, -0.2) is 17.1 Å². The molecule has 2 N–H and O–H groups in total. The van der Waals surface area contributed by atoms with Gasteiger partial charge >= 0.3 is 5.97 Å². The summed E-state index contributed by atoms with van der Waals surface area (Å²) in [6.45, 7) is 0. The van der Waals surface area contributed by atoms with Crippen LogP contribution in [0.25, 0.3) is 0 Å². The van der Waals surface area contributed by atoms with Crippen LogP contribution in [0.2, 0.25) is 0 Å². The topological polar surface area (TPSA) is 49.3 Å². The minimum atomic E-state index is -1.80. The molecule has 1 rings (SSSR count). The van der Waals surface area contributed by atoms with Gasteiger partial charge in [0, 0.05) is 0 Å². The number of hydrogen-bond donors (Lipinski definition) is 2. The van der Waals surface area contributed by atoms with Crippen LogP contribution in [0.4, 0.5) is 0 Å². The van der Waals surface area contributed by atoms with Crippen molar-refractivity contribution in [1.82, 2.24) is 5.32 Å². The average Bonchev–Trinajstić information content (AvgIpc) is 1.95. The van der Waals surface area contributed by atoms with E-state index >= 15 is 0 Å². The average molecular weight is 127 g/mol. The van der Waals surface area contributed by atoms with Gasteiger partial charge in [-0.05, 0) is 12.3 Å². The number of carboxylic acids is 1. The highest BCUT2D eigenvalue weighted by molar-refractivity contribution is 5.76. The van der Waals surface area contributed by atoms with Gasteiger partial charge in [-0.25, -0.2) is 4.79 Å². The van der Waals surface area contributed by atoms with Gasteiger partial charge in [0.05, 0.1) is 2.74 Å². The highest BCUT2D eigenvalue weighted by atomic mass is 16.4. The fourth-order valence-electron chi connectivity index (χ4n) is 0.480. The molecule has 0 fully saturated rings. The van der Waals surface area contributed by atoms with Crippen molar-refractivity contribution in [3.63, 3.8) is 0 Å². The predicted octanol–water partition coefficient (Wildman–Crippen LogP) is 0.113. The van der Waals surface area contributed by atoms with Gasteiger partial charge in [0.15, 0.2) is 0 Å². The molecule has 1 aliphatic heterocycles. The Bertz CT molecular complexity index is 249. The lowest BCUT2D eigenvalue weighted by atomic mass is 10.2. The lowest BCUT2D eigenvalue weighted by molar-refractivity contribution is -0.137. The quantitative estimate of drug-likeness (QED) is 0.525. The number of rotatable bonds is 1. The Kier molecular flexibility index (Phi) is 0.969. The number of carbonyl (C=O) groups is 1. The Labute approximate surface area is 55.5 Å². The first-order valence-corrected chi connectivity index (χ1v) is 2.42. The zero-order chi connectivity index (χ0) is 8.48. The highest BCUT2D eigenvalue weighted by Crippen LogP contribution is 1.92. The minimum Gasteiger partial charge on any atom is -0.479 e. The number of aliphatic carboxylic acids is 1. The Hall–Kier alpha value is -1.25. The predicted molar refractivity (Wildman–Crippen MR) is 32.8 cm³/mol. The van der Waals surface area contributed by atoms with E-state index in [2.05, 4.69) is 5.32 Å². The Morgan fingerprint density at radius 1 is 2.00 bits per heavy atom. The summed E-state index contributed by atoms with van der Waals surface area (Å²) >= 11 is 0. The Balaban J connectivity index is 2.82. The Morgan fingerprint density at radius 2 is 2.78 bits per heavy atom. The maximum absolute atomic E-state index is 10.4. The number of carboxylic acid groups (broad SMARTS) is 1. The molecular weight excluding hydrogens is 118 g/mol. The lowest BCUT2D eigenvalue weighted by Crippen LogP contribution is -2.31.